The van der Waals surface area contributed by atoms with E-state index in [9.17, 15) is 19.5 Å². The number of fused-ring (bicyclic) bond motifs is 2. The van der Waals surface area contributed by atoms with Crippen LogP contribution in [0.1, 0.15) is 36.7 Å². The normalized spacial score (nSPS) is 12.2. The SMILES string of the molecule is CCC[C@@H](NC(=O)Cc1c(C)c2cc3c(-c4ccccc4)c(C)oc3cc2oc1=O)C(=O)[O-]. The number of aryl methyl sites for hydroxylation is 2. The molecule has 0 spiro atoms. The summed E-state index contributed by atoms with van der Waals surface area (Å²) >= 11 is 0. The number of hydrogen-bond donors (Lipinski definition) is 1. The zero-order chi connectivity index (χ0) is 23.7. The number of amides is 1. The predicted octanol–water partition coefficient (Wildman–Crippen LogP) is 3.40. The van der Waals surface area contributed by atoms with E-state index in [2.05, 4.69) is 5.32 Å². The molecule has 0 aliphatic carbocycles. The number of aliphatic carboxylic acids is 1. The molecule has 7 heteroatoms. The van der Waals surface area contributed by atoms with Gasteiger partial charge in [0.2, 0.25) is 5.91 Å². The Morgan fingerprint density at radius 3 is 2.39 bits per heavy atom. The number of carbonyl (C=O) groups is 2. The maximum Gasteiger partial charge on any atom is 0.340 e. The van der Waals surface area contributed by atoms with Crippen molar-refractivity contribution in [1.29, 1.82) is 0 Å². The lowest BCUT2D eigenvalue weighted by Crippen LogP contribution is -2.48. The second-order valence-electron chi connectivity index (χ2n) is 8.14. The van der Waals surface area contributed by atoms with Crippen LogP contribution in [-0.2, 0) is 16.0 Å². The monoisotopic (exact) mass is 446 g/mol. The molecule has 1 atom stereocenters. The Morgan fingerprint density at radius 2 is 1.73 bits per heavy atom. The fourth-order valence-corrected chi connectivity index (χ4v) is 4.21. The molecule has 0 saturated heterocycles. The number of carboxylic acid groups (broad SMARTS) is 1. The van der Waals surface area contributed by atoms with Crippen LogP contribution in [0.2, 0.25) is 0 Å². The largest absolute Gasteiger partial charge is 0.548 e. The molecular weight excluding hydrogens is 422 g/mol. The number of carboxylic acids is 1. The Bertz CT molecular complexity index is 1410. The van der Waals surface area contributed by atoms with Crippen molar-refractivity contribution >= 4 is 33.8 Å². The number of carbonyl (C=O) groups excluding carboxylic acids is 2. The van der Waals surface area contributed by atoms with Gasteiger partial charge in [-0.2, -0.15) is 0 Å². The van der Waals surface area contributed by atoms with Crippen LogP contribution < -0.4 is 16.0 Å². The zero-order valence-electron chi connectivity index (χ0n) is 18.7. The molecule has 0 fully saturated rings. The van der Waals surface area contributed by atoms with E-state index in [1.807, 2.05) is 50.2 Å². The van der Waals surface area contributed by atoms with Crippen molar-refractivity contribution in [1.82, 2.24) is 5.32 Å². The van der Waals surface area contributed by atoms with Crippen LogP contribution in [0, 0.1) is 13.8 Å². The highest BCUT2D eigenvalue weighted by Gasteiger charge is 2.20. The zero-order valence-corrected chi connectivity index (χ0v) is 18.7. The van der Waals surface area contributed by atoms with Gasteiger partial charge in [-0.3, -0.25) is 4.79 Å². The van der Waals surface area contributed by atoms with Crippen molar-refractivity contribution in [2.75, 3.05) is 0 Å². The molecule has 0 bridgehead atoms. The van der Waals surface area contributed by atoms with E-state index < -0.39 is 23.5 Å². The molecule has 2 heterocycles. The lowest BCUT2D eigenvalue weighted by molar-refractivity contribution is -0.308. The van der Waals surface area contributed by atoms with Crippen molar-refractivity contribution in [2.45, 2.75) is 46.1 Å². The van der Waals surface area contributed by atoms with Gasteiger partial charge in [-0.25, -0.2) is 4.79 Å². The summed E-state index contributed by atoms with van der Waals surface area (Å²) in [6, 6.07) is 12.3. The average Bonchev–Trinajstić information content (AvgIpc) is 3.10. The van der Waals surface area contributed by atoms with Gasteiger partial charge in [0.05, 0.1) is 24.0 Å². The molecule has 33 heavy (non-hydrogen) atoms. The quantitative estimate of drug-likeness (QED) is 0.436. The van der Waals surface area contributed by atoms with E-state index >= 15 is 0 Å². The minimum Gasteiger partial charge on any atom is -0.548 e. The molecule has 4 rings (SSSR count). The summed E-state index contributed by atoms with van der Waals surface area (Å²) in [7, 11) is 0. The Balaban J connectivity index is 1.78. The highest BCUT2D eigenvalue weighted by atomic mass is 16.4. The van der Waals surface area contributed by atoms with Crippen LogP contribution in [0.4, 0.5) is 0 Å². The highest BCUT2D eigenvalue weighted by molar-refractivity contribution is 6.03. The van der Waals surface area contributed by atoms with Gasteiger partial charge in [0.25, 0.3) is 0 Å². The van der Waals surface area contributed by atoms with Gasteiger partial charge in [-0.15, -0.1) is 0 Å². The molecule has 0 saturated carbocycles. The number of benzene rings is 2. The smallest absolute Gasteiger partial charge is 0.340 e. The molecule has 7 nitrogen and oxygen atoms in total. The first-order chi connectivity index (χ1) is 15.8. The summed E-state index contributed by atoms with van der Waals surface area (Å²) in [6.45, 7) is 5.45. The molecule has 0 aliphatic rings. The number of nitrogens with one attached hydrogen (secondary N) is 1. The Kier molecular flexibility index (Phi) is 6.05. The summed E-state index contributed by atoms with van der Waals surface area (Å²) < 4.78 is 11.5. The summed E-state index contributed by atoms with van der Waals surface area (Å²) in [5, 5.41) is 15.2. The number of rotatable bonds is 7. The van der Waals surface area contributed by atoms with E-state index in [0.717, 1.165) is 22.3 Å². The lowest BCUT2D eigenvalue weighted by atomic mass is 9.98. The minimum atomic E-state index is -1.35. The molecule has 170 valence electrons. The van der Waals surface area contributed by atoms with Crippen molar-refractivity contribution in [2.24, 2.45) is 0 Å². The molecule has 1 amide bonds. The van der Waals surface area contributed by atoms with E-state index in [1.165, 1.54) is 0 Å². The third kappa shape index (κ3) is 4.26. The fourth-order valence-electron chi connectivity index (χ4n) is 4.21. The third-order valence-corrected chi connectivity index (χ3v) is 5.87. The lowest BCUT2D eigenvalue weighted by Gasteiger charge is -2.19. The van der Waals surface area contributed by atoms with Crippen LogP contribution in [0.25, 0.3) is 33.1 Å². The number of hydrogen-bond acceptors (Lipinski definition) is 6. The van der Waals surface area contributed by atoms with Crippen molar-refractivity contribution in [3.63, 3.8) is 0 Å². The third-order valence-electron chi connectivity index (χ3n) is 5.87. The molecular formula is C26H24NO6-. The Hall–Kier alpha value is -3.87. The first-order valence-corrected chi connectivity index (χ1v) is 10.8. The van der Waals surface area contributed by atoms with E-state index in [4.69, 9.17) is 8.83 Å². The average molecular weight is 446 g/mol. The molecule has 0 aliphatic heterocycles. The summed E-state index contributed by atoms with van der Waals surface area (Å²) in [5.41, 5.74) is 3.08. The molecule has 0 radical (unpaired) electrons. The van der Waals surface area contributed by atoms with Crippen molar-refractivity contribution < 1.29 is 23.5 Å². The van der Waals surface area contributed by atoms with Crippen molar-refractivity contribution in [3.8, 4) is 11.1 Å². The van der Waals surface area contributed by atoms with Gasteiger partial charge < -0.3 is 24.1 Å². The standard InChI is InChI=1S/C26H25NO6/c1-4-8-20(25(29)30)27-23(28)12-18-14(2)17-11-19-22(13-21(17)33-26(18)31)32-15(3)24(19)16-9-6-5-7-10-16/h5-7,9-11,13,20H,4,8,12H2,1-3H3,(H,27,28)(H,29,30)/p-1/t20-/m1/s1. The van der Waals surface area contributed by atoms with E-state index in [-0.39, 0.29) is 18.4 Å². The van der Waals surface area contributed by atoms with Gasteiger partial charge in [-0.05, 0) is 37.5 Å². The first kappa shape index (κ1) is 22.3. The summed E-state index contributed by atoms with van der Waals surface area (Å²) in [6.07, 6.45) is 0.533. The molecule has 4 aromatic rings. The number of furan rings is 1. The Morgan fingerprint density at radius 1 is 1.03 bits per heavy atom. The first-order valence-electron chi connectivity index (χ1n) is 10.8. The maximum absolute atomic E-state index is 12.7. The minimum absolute atomic E-state index is 0.189. The van der Waals surface area contributed by atoms with Crippen LogP contribution in [0.15, 0.2) is 56.1 Å². The van der Waals surface area contributed by atoms with Crippen LogP contribution in [-0.4, -0.2) is 17.9 Å². The van der Waals surface area contributed by atoms with Crippen LogP contribution in [0.3, 0.4) is 0 Å². The van der Waals surface area contributed by atoms with E-state index in [0.29, 0.717) is 28.5 Å². The predicted molar refractivity (Wildman–Crippen MR) is 123 cm³/mol. The van der Waals surface area contributed by atoms with Gasteiger partial charge >= 0.3 is 5.63 Å². The molecule has 1 N–H and O–H groups in total. The van der Waals surface area contributed by atoms with E-state index in [1.54, 1.807) is 13.0 Å². The fraction of sp³-hybridized carbons (Fsp3) is 0.269. The maximum atomic E-state index is 12.7. The topological polar surface area (TPSA) is 113 Å². The molecule has 2 aromatic heterocycles. The highest BCUT2D eigenvalue weighted by Crippen LogP contribution is 2.37. The summed E-state index contributed by atoms with van der Waals surface area (Å²) in [4.78, 5) is 36.4. The van der Waals surface area contributed by atoms with Gasteiger partial charge in [0.1, 0.15) is 16.9 Å². The summed E-state index contributed by atoms with van der Waals surface area (Å²) in [5.74, 6) is -1.17. The second-order valence-corrected chi connectivity index (χ2v) is 8.14. The second kappa shape index (κ2) is 8.94. The van der Waals surface area contributed by atoms with Gasteiger partial charge in [-0.1, -0.05) is 43.7 Å². The van der Waals surface area contributed by atoms with Crippen LogP contribution in [0.5, 0.6) is 0 Å². The van der Waals surface area contributed by atoms with Gasteiger partial charge in [0, 0.05) is 22.4 Å². The van der Waals surface area contributed by atoms with Crippen molar-refractivity contribution in [3.05, 3.63) is 69.8 Å². The van der Waals surface area contributed by atoms with Gasteiger partial charge in [0.15, 0.2) is 0 Å². The van der Waals surface area contributed by atoms with Crippen LogP contribution >= 0.6 is 0 Å². The molecule has 2 aromatic carbocycles. The Labute approximate surface area is 190 Å². The molecule has 0 unspecified atom stereocenters.